The maximum Gasteiger partial charge on any atom is 0.321 e. The second-order valence-electron chi connectivity index (χ2n) is 3.05. The zero-order valence-electron chi connectivity index (χ0n) is 9.09. The zero-order valence-corrected chi connectivity index (χ0v) is 9.09. The topological polar surface area (TPSA) is 70.2 Å². The molecule has 1 atom stereocenters. The molecule has 0 aromatic heterocycles. The van der Waals surface area contributed by atoms with Crippen LogP contribution < -0.4 is 16.0 Å². The molecule has 0 saturated heterocycles. The fourth-order valence-corrected chi connectivity index (χ4v) is 0.884. The van der Waals surface area contributed by atoms with Gasteiger partial charge in [0.15, 0.2) is 0 Å². The van der Waals surface area contributed by atoms with E-state index >= 15 is 0 Å². The van der Waals surface area contributed by atoms with Crippen molar-refractivity contribution in [3.05, 3.63) is 0 Å². The molecule has 0 aromatic carbocycles. The minimum absolute atomic E-state index is 0.352. The third-order valence-electron chi connectivity index (χ3n) is 1.81. The summed E-state index contributed by atoms with van der Waals surface area (Å²) < 4.78 is 0. The molecular formula is C10H17N3O2. The lowest BCUT2D eigenvalue weighted by Crippen LogP contribution is -2.47. The fourth-order valence-electron chi connectivity index (χ4n) is 0.884. The van der Waals surface area contributed by atoms with Gasteiger partial charge in [0.2, 0.25) is 5.91 Å². The van der Waals surface area contributed by atoms with E-state index in [0.29, 0.717) is 13.0 Å². The number of carbonyl (C=O) groups is 2. The second-order valence-corrected chi connectivity index (χ2v) is 3.05. The van der Waals surface area contributed by atoms with E-state index in [9.17, 15) is 9.59 Å². The highest BCUT2D eigenvalue weighted by Gasteiger charge is 2.13. The van der Waals surface area contributed by atoms with Crippen LogP contribution in [-0.2, 0) is 4.79 Å². The van der Waals surface area contributed by atoms with Gasteiger partial charge in [0.05, 0.1) is 6.04 Å². The highest BCUT2D eigenvalue weighted by atomic mass is 16.2. The number of rotatable bonds is 5. The van der Waals surface area contributed by atoms with Crippen LogP contribution >= 0.6 is 0 Å². The molecule has 0 aliphatic carbocycles. The number of terminal acetylenes is 1. The predicted molar refractivity (Wildman–Crippen MR) is 58.1 cm³/mol. The summed E-state index contributed by atoms with van der Waals surface area (Å²) in [6, 6.07) is -0.905. The Bertz CT molecular complexity index is 258. The smallest absolute Gasteiger partial charge is 0.321 e. The minimum atomic E-state index is -0.503. The number of hydrogen-bond acceptors (Lipinski definition) is 3. The molecule has 15 heavy (non-hydrogen) atoms. The lowest BCUT2D eigenvalue weighted by molar-refractivity contribution is -0.121. The minimum Gasteiger partial charge on any atom is -0.341 e. The molecule has 3 amide bonds. The molecule has 0 fully saturated rings. The van der Waals surface area contributed by atoms with E-state index in [4.69, 9.17) is 6.42 Å². The molecule has 0 saturated carbocycles. The van der Waals surface area contributed by atoms with Gasteiger partial charge in [0.1, 0.15) is 0 Å². The standard InChI is InChI=1S/C10H17N3O2/c1-4-5-6-7-12-8(2)9(14)13-10(15)11-3/h1,8,12H,5-7H2,2-3H3,(H2,11,13,14,15). The van der Waals surface area contributed by atoms with Gasteiger partial charge in [-0.25, -0.2) is 4.79 Å². The van der Waals surface area contributed by atoms with Crippen LogP contribution in [0, 0.1) is 12.3 Å². The van der Waals surface area contributed by atoms with Crippen molar-refractivity contribution < 1.29 is 9.59 Å². The Morgan fingerprint density at radius 2 is 2.13 bits per heavy atom. The Hall–Kier alpha value is -1.54. The number of imide groups is 1. The molecule has 0 heterocycles. The van der Waals surface area contributed by atoms with Crippen LogP contribution in [0.3, 0.4) is 0 Å². The first-order chi connectivity index (χ1) is 7.11. The van der Waals surface area contributed by atoms with E-state index in [2.05, 4.69) is 21.9 Å². The summed E-state index contributed by atoms with van der Waals surface area (Å²) in [5.41, 5.74) is 0. The second kappa shape index (κ2) is 7.83. The van der Waals surface area contributed by atoms with Gasteiger partial charge >= 0.3 is 6.03 Å². The molecular weight excluding hydrogens is 194 g/mol. The maximum absolute atomic E-state index is 11.3. The lowest BCUT2D eigenvalue weighted by atomic mass is 10.2. The van der Waals surface area contributed by atoms with Gasteiger partial charge in [-0.2, -0.15) is 0 Å². The van der Waals surface area contributed by atoms with Crippen molar-refractivity contribution in [1.29, 1.82) is 0 Å². The van der Waals surface area contributed by atoms with E-state index in [1.807, 2.05) is 0 Å². The summed E-state index contributed by atoms with van der Waals surface area (Å²) in [6.45, 7) is 2.35. The molecule has 1 unspecified atom stereocenters. The molecule has 0 radical (unpaired) electrons. The summed E-state index contributed by atoms with van der Waals surface area (Å²) in [5.74, 6) is 2.16. The quantitative estimate of drug-likeness (QED) is 0.437. The Balaban J connectivity index is 3.70. The van der Waals surface area contributed by atoms with Gasteiger partial charge in [-0.3, -0.25) is 10.1 Å². The number of nitrogens with one attached hydrogen (secondary N) is 3. The van der Waals surface area contributed by atoms with Crippen molar-refractivity contribution >= 4 is 11.9 Å². The van der Waals surface area contributed by atoms with E-state index < -0.39 is 12.1 Å². The van der Waals surface area contributed by atoms with Crippen molar-refractivity contribution in [3.8, 4) is 12.3 Å². The molecule has 5 nitrogen and oxygen atoms in total. The van der Waals surface area contributed by atoms with Crippen LogP contribution in [0.4, 0.5) is 4.79 Å². The normalized spacial score (nSPS) is 11.3. The van der Waals surface area contributed by atoms with E-state index in [1.54, 1.807) is 6.92 Å². The van der Waals surface area contributed by atoms with Crippen molar-refractivity contribution in [2.24, 2.45) is 0 Å². The van der Waals surface area contributed by atoms with Gasteiger partial charge in [0.25, 0.3) is 0 Å². The fraction of sp³-hybridized carbons (Fsp3) is 0.600. The largest absolute Gasteiger partial charge is 0.341 e. The van der Waals surface area contributed by atoms with Crippen LogP contribution in [0.25, 0.3) is 0 Å². The summed E-state index contributed by atoms with van der Waals surface area (Å²) in [7, 11) is 1.45. The maximum atomic E-state index is 11.3. The molecule has 0 aromatic rings. The van der Waals surface area contributed by atoms with Gasteiger partial charge in [-0.05, 0) is 19.9 Å². The monoisotopic (exact) mass is 211 g/mol. The highest BCUT2D eigenvalue weighted by molar-refractivity contribution is 5.96. The van der Waals surface area contributed by atoms with Crippen LogP contribution in [0.15, 0.2) is 0 Å². The number of amides is 3. The zero-order chi connectivity index (χ0) is 11.7. The Morgan fingerprint density at radius 3 is 2.67 bits per heavy atom. The molecule has 84 valence electrons. The summed E-state index contributed by atoms with van der Waals surface area (Å²) in [5, 5.41) is 7.44. The van der Waals surface area contributed by atoms with Crippen molar-refractivity contribution in [3.63, 3.8) is 0 Å². The van der Waals surface area contributed by atoms with Crippen LogP contribution in [0.1, 0.15) is 19.8 Å². The van der Waals surface area contributed by atoms with Crippen molar-refractivity contribution in [1.82, 2.24) is 16.0 Å². The van der Waals surface area contributed by atoms with Gasteiger partial charge in [-0.15, -0.1) is 12.3 Å². The average molecular weight is 211 g/mol. The summed E-state index contributed by atoms with van der Waals surface area (Å²) in [6.07, 6.45) is 6.57. The molecule has 0 rings (SSSR count). The molecule has 5 heteroatoms. The molecule has 0 spiro atoms. The van der Waals surface area contributed by atoms with E-state index in [0.717, 1.165) is 6.42 Å². The first kappa shape index (κ1) is 13.5. The Morgan fingerprint density at radius 1 is 1.47 bits per heavy atom. The van der Waals surface area contributed by atoms with Crippen molar-refractivity contribution in [2.75, 3.05) is 13.6 Å². The number of hydrogen-bond donors (Lipinski definition) is 3. The van der Waals surface area contributed by atoms with Crippen LogP contribution in [0.2, 0.25) is 0 Å². The number of urea groups is 1. The van der Waals surface area contributed by atoms with Crippen LogP contribution in [0.5, 0.6) is 0 Å². The Kier molecular flexibility index (Phi) is 7.02. The van der Waals surface area contributed by atoms with E-state index in [-0.39, 0.29) is 5.91 Å². The third kappa shape index (κ3) is 6.52. The Labute approximate surface area is 90.0 Å². The lowest BCUT2D eigenvalue weighted by Gasteiger charge is -2.12. The molecule has 3 N–H and O–H groups in total. The van der Waals surface area contributed by atoms with Crippen molar-refractivity contribution in [2.45, 2.75) is 25.8 Å². The first-order valence-corrected chi connectivity index (χ1v) is 4.81. The van der Waals surface area contributed by atoms with Gasteiger partial charge < -0.3 is 10.6 Å². The average Bonchev–Trinajstić information content (AvgIpc) is 2.23. The summed E-state index contributed by atoms with van der Waals surface area (Å²) in [4.78, 5) is 22.1. The van der Waals surface area contributed by atoms with Gasteiger partial charge in [-0.1, -0.05) is 0 Å². The third-order valence-corrected chi connectivity index (χ3v) is 1.81. The highest BCUT2D eigenvalue weighted by Crippen LogP contribution is 1.87. The predicted octanol–water partition coefficient (Wildman–Crippen LogP) is -0.166. The van der Waals surface area contributed by atoms with Crippen LogP contribution in [-0.4, -0.2) is 31.6 Å². The number of unbranched alkanes of at least 4 members (excludes halogenated alkanes) is 1. The molecule has 0 bridgehead atoms. The first-order valence-electron chi connectivity index (χ1n) is 4.81. The van der Waals surface area contributed by atoms with Gasteiger partial charge in [0, 0.05) is 13.5 Å². The summed E-state index contributed by atoms with van der Waals surface area (Å²) >= 11 is 0. The number of carbonyl (C=O) groups excluding carboxylic acids is 2. The SMILES string of the molecule is C#CCCCNC(C)C(=O)NC(=O)NC. The van der Waals surface area contributed by atoms with E-state index in [1.165, 1.54) is 7.05 Å². The molecule has 0 aliphatic heterocycles. The molecule has 0 aliphatic rings.